The van der Waals surface area contributed by atoms with Crippen molar-refractivity contribution >= 4 is 18.6 Å². The molecule has 3 rings (SSSR count). The Kier molecular flexibility index (Phi) is 5.88. The van der Waals surface area contributed by atoms with E-state index in [1.165, 1.54) is 12.3 Å². The number of aromatic hydroxyl groups is 1. The Morgan fingerprint density at radius 3 is 2.63 bits per heavy atom. The van der Waals surface area contributed by atoms with Gasteiger partial charge in [0, 0.05) is 38.8 Å². The predicted molar refractivity (Wildman–Crippen MR) is 115 cm³/mol. The van der Waals surface area contributed by atoms with Crippen molar-refractivity contribution < 1.29 is 24.5 Å². The molecule has 0 saturated heterocycles. The van der Waals surface area contributed by atoms with Crippen LogP contribution in [0.4, 0.5) is 0 Å². The van der Waals surface area contributed by atoms with Gasteiger partial charge in [-0.3, -0.25) is 4.79 Å². The topological polar surface area (TPSA) is 111 Å². The summed E-state index contributed by atoms with van der Waals surface area (Å²) in [5, 5.41) is 19.8. The highest BCUT2D eigenvalue weighted by Crippen LogP contribution is 2.50. The molecule has 162 valence electrons. The van der Waals surface area contributed by atoms with Gasteiger partial charge in [0.05, 0.1) is 22.9 Å². The maximum absolute atomic E-state index is 12.4. The Bertz CT molecular complexity index is 1040. The van der Waals surface area contributed by atoms with E-state index in [2.05, 4.69) is 4.98 Å². The number of thiol groups is 1. The van der Waals surface area contributed by atoms with Crippen LogP contribution in [0.25, 0.3) is 11.4 Å². The number of pyridine rings is 2. The van der Waals surface area contributed by atoms with Gasteiger partial charge < -0.3 is 24.3 Å². The number of carbonyl (C=O) groups is 1. The van der Waals surface area contributed by atoms with Gasteiger partial charge in [0.25, 0.3) is 5.88 Å². The highest BCUT2D eigenvalue weighted by atomic mass is 32.1. The van der Waals surface area contributed by atoms with E-state index in [1.54, 1.807) is 17.7 Å². The van der Waals surface area contributed by atoms with Crippen LogP contribution in [0.3, 0.4) is 0 Å². The number of hydrogen-bond acceptors (Lipinski definition) is 7. The second-order valence-corrected chi connectivity index (χ2v) is 9.11. The van der Waals surface area contributed by atoms with Gasteiger partial charge in [0.2, 0.25) is 0 Å². The fourth-order valence-corrected chi connectivity index (χ4v) is 3.87. The van der Waals surface area contributed by atoms with E-state index in [9.17, 15) is 19.8 Å². The SMILES string of the molecule is COCCCOc1cc2c(nc1O)-c1cc(=O)c(C(=O)O)cn1[C@@](S)(C(C)(C)C)C2. The van der Waals surface area contributed by atoms with Crippen molar-refractivity contribution in [3.05, 3.63) is 39.7 Å². The average Bonchev–Trinajstić information content (AvgIpc) is 2.65. The molecule has 0 amide bonds. The summed E-state index contributed by atoms with van der Waals surface area (Å²) in [5.74, 6) is -1.36. The highest BCUT2D eigenvalue weighted by Gasteiger charge is 2.45. The Labute approximate surface area is 179 Å². The zero-order valence-corrected chi connectivity index (χ0v) is 18.3. The Balaban J connectivity index is 2.18. The lowest BCUT2D eigenvalue weighted by Gasteiger charge is -2.47. The monoisotopic (exact) mass is 434 g/mol. The first kappa shape index (κ1) is 22.2. The summed E-state index contributed by atoms with van der Waals surface area (Å²) in [4.78, 5) is 27.4. The molecule has 1 aliphatic rings. The van der Waals surface area contributed by atoms with Gasteiger partial charge in [0.15, 0.2) is 11.2 Å². The summed E-state index contributed by atoms with van der Waals surface area (Å²) in [6.07, 6.45) is 2.36. The largest absolute Gasteiger partial charge is 0.491 e. The van der Waals surface area contributed by atoms with Crippen molar-refractivity contribution in [1.29, 1.82) is 0 Å². The Hall–Kier alpha value is -2.52. The van der Waals surface area contributed by atoms with E-state index in [-0.39, 0.29) is 17.2 Å². The van der Waals surface area contributed by atoms with Crippen molar-refractivity contribution in [1.82, 2.24) is 9.55 Å². The number of carboxylic acids is 1. The smallest absolute Gasteiger partial charge is 0.341 e. The van der Waals surface area contributed by atoms with Gasteiger partial charge in [0.1, 0.15) is 5.56 Å². The molecule has 8 nitrogen and oxygen atoms in total. The Morgan fingerprint density at radius 1 is 1.33 bits per heavy atom. The first-order chi connectivity index (χ1) is 14.0. The first-order valence-corrected chi connectivity index (χ1v) is 10.0. The van der Waals surface area contributed by atoms with Crippen LogP contribution in [0.1, 0.15) is 43.1 Å². The van der Waals surface area contributed by atoms with E-state index in [1.807, 2.05) is 20.8 Å². The molecule has 2 aromatic rings. The number of hydrogen-bond donors (Lipinski definition) is 3. The molecule has 30 heavy (non-hydrogen) atoms. The van der Waals surface area contributed by atoms with Crippen molar-refractivity contribution in [2.24, 2.45) is 5.41 Å². The molecule has 0 aromatic carbocycles. The van der Waals surface area contributed by atoms with Gasteiger partial charge in [-0.1, -0.05) is 20.8 Å². The van der Waals surface area contributed by atoms with Gasteiger partial charge in [-0.2, -0.15) is 12.6 Å². The van der Waals surface area contributed by atoms with Crippen LogP contribution in [0.2, 0.25) is 0 Å². The van der Waals surface area contributed by atoms with Gasteiger partial charge in [-0.25, -0.2) is 9.78 Å². The molecule has 0 unspecified atom stereocenters. The number of aromatic nitrogens is 2. The number of aromatic carboxylic acids is 1. The summed E-state index contributed by atoms with van der Waals surface area (Å²) < 4.78 is 12.3. The van der Waals surface area contributed by atoms with Crippen LogP contribution in [0, 0.1) is 5.41 Å². The first-order valence-electron chi connectivity index (χ1n) is 9.57. The maximum atomic E-state index is 12.4. The molecule has 0 saturated carbocycles. The van der Waals surface area contributed by atoms with Crippen molar-refractivity contribution in [3.63, 3.8) is 0 Å². The second kappa shape index (κ2) is 7.96. The number of rotatable bonds is 6. The molecule has 0 fully saturated rings. The minimum atomic E-state index is -1.30. The molecule has 0 spiro atoms. The van der Waals surface area contributed by atoms with Crippen molar-refractivity contribution in [2.75, 3.05) is 20.3 Å². The van der Waals surface area contributed by atoms with Crippen molar-refractivity contribution in [3.8, 4) is 23.0 Å². The lowest BCUT2D eigenvalue weighted by atomic mass is 9.79. The van der Waals surface area contributed by atoms with Crippen LogP contribution in [-0.4, -0.2) is 46.1 Å². The second-order valence-electron chi connectivity index (χ2n) is 8.37. The van der Waals surface area contributed by atoms with E-state index < -0.39 is 21.7 Å². The summed E-state index contributed by atoms with van der Waals surface area (Å²) in [6.45, 7) is 6.85. The lowest BCUT2D eigenvalue weighted by molar-refractivity contribution is 0.0693. The minimum Gasteiger partial charge on any atom is -0.491 e. The standard InChI is InChI=1S/C21H26N2O6S/c1-20(2,3)21(30)10-12-8-16(29-7-5-6-28-4)18(25)22-17(12)14-9-15(24)13(19(26)27)11-23(14)21/h8-9,11,30H,5-7,10H2,1-4H3,(H,22,25)(H,26,27)/t21-/m0/s1. The molecule has 2 N–H and O–H groups in total. The van der Waals surface area contributed by atoms with Crippen LogP contribution >= 0.6 is 12.6 Å². The van der Waals surface area contributed by atoms with E-state index >= 15 is 0 Å². The molecule has 9 heteroatoms. The summed E-state index contributed by atoms with van der Waals surface area (Å²) in [6, 6.07) is 2.95. The zero-order valence-electron chi connectivity index (χ0n) is 17.4. The molecule has 3 heterocycles. The number of methoxy groups -OCH3 is 1. The molecule has 0 aliphatic carbocycles. The van der Waals surface area contributed by atoms with E-state index in [0.29, 0.717) is 37.4 Å². The Morgan fingerprint density at radius 2 is 2.03 bits per heavy atom. The molecule has 0 radical (unpaired) electrons. The summed E-state index contributed by atoms with van der Waals surface area (Å²) >= 11 is 4.96. The lowest BCUT2D eigenvalue weighted by Crippen LogP contribution is -2.46. The number of fused-ring (bicyclic) bond motifs is 3. The number of nitrogens with zero attached hydrogens (tertiary/aromatic N) is 2. The third kappa shape index (κ3) is 3.79. The van der Waals surface area contributed by atoms with Gasteiger partial charge in [-0.15, -0.1) is 0 Å². The summed E-state index contributed by atoms with van der Waals surface area (Å²) in [7, 11) is 1.60. The third-order valence-corrected chi connectivity index (χ3v) is 6.40. The quantitative estimate of drug-likeness (QED) is 0.473. The van der Waals surface area contributed by atoms with Crippen molar-refractivity contribution in [2.45, 2.75) is 38.5 Å². The summed E-state index contributed by atoms with van der Waals surface area (Å²) in [5.41, 5.74) is 0.170. The average molecular weight is 435 g/mol. The molecular formula is C21H26N2O6S. The van der Waals surface area contributed by atoms with Gasteiger partial charge >= 0.3 is 5.97 Å². The van der Waals surface area contributed by atoms with E-state index in [0.717, 1.165) is 5.56 Å². The molecule has 2 aromatic heterocycles. The van der Waals surface area contributed by atoms with Crippen LogP contribution < -0.4 is 10.2 Å². The van der Waals surface area contributed by atoms with Gasteiger partial charge in [-0.05, 0) is 17.0 Å². The molecular weight excluding hydrogens is 408 g/mol. The molecule has 0 bridgehead atoms. The third-order valence-electron chi connectivity index (χ3n) is 5.36. The van der Waals surface area contributed by atoms with Crippen LogP contribution in [0.15, 0.2) is 23.1 Å². The minimum absolute atomic E-state index is 0.243. The molecule has 1 atom stereocenters. The fraction of sp³-hybridized carbons (Fsp3) is 0.476. The molecule has 1 aliphatic heterocycles. The van der Waals surface area contributed by atoms with Crippen LogP contribution in [-0.2, 0) is 16.0 Å². The maximum Gasteiger partial charge on any atom is 0.341 e. The number of ether oxygens (including phenoxy) is 2. The highest BCUT2D eigenvalue weighted by molar-refractivity contribution is 7.81. The van der Waals surface area contributed by atoms with Crippen LogP contribution in [0.5, 0.6) is 11.6 Å². The normalized spacial score (nSPS) is 17.9. The number of carboxylic acid groups (broad SMARTS) is 1. The van der Waals surface area contributed by atoms with E-state index in [4.69, 9.17) is 22.1 Å². The zero-order chi connectivity index (χ0) is 22.3. The fourth-order valence-electron chi connectivity index (χ4n) is 3.53. The predicted octanol–water partition coefficient (Wildman–Crippen LogP) is 2.91.